The van der Waals surface area contributed by atoms with Crippen molar-refractivity contribution >= 4 is 12.1 Å². The van der Waals surface area contributed by atoms with Crippen molar-refractivity contribution in [1.82, 2.24) is 5.01 Å². The minimum atomic E-state index is -1.12. The molecule has 23 heavy (non-hydrogen) atoms. The summed E-state index contributed by atoms with van der Waals surface area (Å²) in [6.07, 6.45) is -0.989. The molecule has 1 rings (SSSR count). The average Bonchev–Trinajstić information content (AvgIpc) is 2.42. The molecule has 132 valence electrons. The summed E-state index contributed by atoms with van der Waals surface area (Å²) in [5, 5.41) is 25.2. The SMILES string of the molecule is CC(O/N=[N+](/[O-])N1CCCC(C(=O)O)C1)OC(=O)OC(C)(C)C. The zero-order valence-corrected chi connectivity index (χ0v) is 13.7. The third-order valence-corrected chi connectivity index (χ3v) is 2.91. The number of carboxylic acid groups (broad SMARTS) is 1. The monoisotopic (exact) mass is 333 g/mol. The lowest BCUT2D eigenvalue weighted by molar-refractivity contribution is -0.715. The molecule has 0 bridgehead atoms. The van der Waals surface area contributed by atoms with Crippen LogP contribution in [0.4, 0.5) is 4.79 Å². The molecule has 0 aromatic carbocycles. The molecule has 0 aromatic rings. The summed E-state index contributed by atoms with van der Waals surface area (Å²) in [7, 11) is 0. The lowest BCUT2D eigenvalue weighted by atomic mass is 10.00. The van der Waals surface area contributed by atoms with Crippen LogP contribution < -0.4 is 0 Å². The first-order valence-corrected chi connectivity index (χ1v) is 7.30. The fraction of sp³-hybridized carbons (Fsp3) is 0.846. The normalized spacial score (nSPS) is 20.6. The van der Waals surface area contributed by atoms with Gasteiger partial charge in [0.1, 0.15) is 5.60 Å². The Kier molecular flexibility index (Phi) is 6.40. The highest BCUT2D eigenvalue weighted by Crippen LogP contribution is 2.17. The summed E-state index contributed by atoms with van der Waals surface area (Å²) in [4.78, 5) is 27.3. The van der Waals surface area contributed by atoms with Gasteiger partial charge < -0.3 is 19.8 Å². The predicted octanol–water partition coefficient (Wildman–Crippen LogP) is 1.89. The smallest absolute Gasteiger partial charge is 0.511 e. The maximum atomic E-state index is 11.8. The van der Waals surface area contributed by atoms with Gasteiger partial charge in [-0.25, -0.2) is 4.79 Å². The van der Waals surface area contributed by atoms with Gasteiger partial charge in [0.25, 0.3) is 6.29 Å². The molecule has 1 aliphatic heterocycles. The Morgan fingerprint density at radius 2 is 2.09 bits per heavy atom. The summed E-state index contributed by atoms with van der Waals surface area (Å²) in [6, 6.07) is 0. The van der Waals surface area contributed by atoms with E-state index in [-0.39, 0.29) is 11.5 Å². The Morgan fingerprint density at radius 1 is 1.43 bits per heavy atom. The molecule has 0 aliphatic carbocycles. The van der Waals surface area contributed by atoms with Crippen molar-refractivity contribution in [2.24, 2.45) is 11.2 Å². The third kappa shape index (κ3) is 7.02. The Bertz CT molecular complexity index is 461. The summed E-state index contributed by atoms with van der Waals surface area (Å²) in [5.74, 6) is -1.57. The van der Waals surface area contributed by atoms with E-state index in [0.717, 1.165) is 0 Å². The molecule has 0 saturated carbocycles. The molecule has 1 aliphatic rings. The molecule has 2 unspecified atom stereocenters. The lowest BCUT2D eigenvalue weighted by Gasteiger charge is -2.26. The highest BCUT2D eigenvalue weighted by molar-refractivity contribution is 5.70. The van der Waals surface area contributed by atoms with Crippen molar-refractivity contribution in [1.29, 1.82) is 0 Å². The minimum absolute atomic E-state index is 0.0486. The summed E-state index contributed by atoms with van der Waals surface area (Å²) in [6.45, 7) is 6.84. The number of hydrogen-bond acceptors (Lipinski definition) is 7. The van der Waals surface area contributed by atoms with Crippen LogP contribution in [0.25, 0.3) is 0 Å². The van der Waals surface area contributed by atoms with E-state index < -0.39 is 29.9 Å². The standard InChI is InChI=1S/C13H23N3O7/c1-9(21-12(19)22-13(2,3)4)23-14-16(20)15-7-5-6-10(8-15)11(17)18/h9-10H,5-8H2,1-4H3,(H,17,18)/b16-14+. The minimum Gasteiger partial charge on any atom is -0.569 e. The highest BCUT2D eigenvalue weighted by Gasteiger charge is 2.30. The molecule has 1 N–H and O–H groups in total. The number of carbonyl (C=O) groups is 2. The van der Waals surface area contributed by atoms with Gasteiger partial charge >= 0.3 is 12.1 Å². The van der Waals surface area contributed by atoms with Gasteiger partial charge in [-0.05, 0) is 33.6 Å². The van der Waals surface area contributed by atoms with Gasteiger partial charge in [-0.3, -0.25) is 9.63 Å². The Labute approximate surface area is 134 Å². The fourth-order valence-corrected chi connectivity index (χ4v) is 1.90. The zero-order valence-electron chi connectivity index (χ0n) is 13.7. The molecular formula is C13H23N3O7. The molecule has 1 fully saturated rings. The first-order chi connectivity index (χ1) is 10.6. The van der Waals surface area contributed by atoms with Gasteiger partial charge in [-0.1, -0.05) is 0 Å². The molecule has 0 radical (unpaired) electrons. The molecule has 1 heterocycles. The van der Waals surface area contributed by atoms with Crippen LogP contribution in [0.15, 0.2) is 5.28 Å². The Morgan fingerprint density at radius 3 is 2.65 bits per heavy atom. The van der Waals surface area contributed by atoms with Crippen molar-refractivity contribution in [2.45, 2.75) is 52.4 Å². The van der Waals surface area contributed by atoms with Crippen molar-refractivity contribution in [3.8, 4) is 0 Å². The number of hydrazine groups is 1. The van der Waals surface area contributed by atoms with Crippen LogP contribution in [0, 0.1) is 11.1 Å². The zero-order chi connectivity index (χ0) is 17.6. The van der Waals surface area contributed by atoms with Crippen molar-refractivity contribution < 1.29 is 34.0 Å². The molecular weight excluding hydrogens is 310 g/mol. The topological polar surface area (TPSA) is 124 Å². The van der Waals surface area contributed by atoms with Crippen molar-refractivity contribution in [2.75, 3.05) is 13.1 Å². The van der Waals surface area contributed by atoms with Crippen LogP contribution in [0.1, 0.15) is 40.5 Å². The van der Waals surface area contributed by atoms with E-state index in [1.807, 2.05) is 0 Å². The number of carboxylic acids is 1. The second-order valence-corrected chi connectivity index (χ2v) is 6.18. The van der Waals surface area contributed by atoms with Crippen molar-refractivity contribution in [3.05, 3.63) is 5.21 Å². The lowest BCUT2D eigenvalue weighted by Crippen LogP contribution is -2.42. The number of hydrogen-bond donors (Lipinski definition) is 1. The molecule has 1 saturated heterocycles. The largest absolute Gasteiger partial charge is 0.569 e. The molecule has 10 nitrogen and oxygen atoms in total. The molecule has 0 aromatic heterocycles. The molecule has 2 atom stereocenters. The Balaban J connectivity index is 2.46. The maximum absolute atomic E-state index is 11.8. The number of aliphatic carboxylic acids is 1. The van der Waals surface area contributed by atoms with E-state index in [1.54, 1.807) is 20.8 Å². The van der Waals surface area contributed by atoms with E-state index >= 15 is 0 Å². The van der Waals surface area contributed by atoms with E-state index in [1.165, 1.54) is 11.9 Å². The van der Waals surface area contributed by atoms with Crippen LogP contribution in [0.2, 0.25) is 0 Å². The quantitative estimate of drug-likeness (QED) is 0.266. The first kappa shape index (κ1) is 18.8. The van der Waals surface area contributed by atoms with Gasteiger partial charge in [0.05, 0.1) is 24.0 Å². The molecule has 0 amide bonds. The van der Waals surface area contributed by atoms with E-state index in [0.29, 0.717) is 19.4 Å². The van der Waals surface area contributed by atoms with Crippen molar-refractivity contribution in [3.63, 3.8) is 0 Å². The van der Waals surface area contributed by atoms with Gasteiger partial charge in [0, 0.05) is 6.92 Å². The number of rotatable bonds is 5. The average molecular weight is 333 g/mol. The van der Waals surface area contributed by atoms with Crippen LogP contribution in [-0.2, 0) is 19.1 Å². The van der Waals surface area contributed by atoms with Crippen LogP contribution in [0.3, 0.4) is 0 Å². The summed E-state index contributed by atoms with van der Waals surface area (Å²) >= 11 is 0. The van der Waals surface area contributed by atoms with Gasteiger partial charge in [0.15, 0.2) is 0 Å². The molecule has 10 heteroatoms. The second kappa shape index (κ2) is 7.84. The van der Waals surface area contributed by atoms with Crippen LogP contribution in [-0.4, -0.2) is 52.2 Å². The fourth-order valence-electron chi connectivity index (χ4n) is 1.90. The first-order valence-electron chi connectivity index (χ1n) is 7.30. The number of piperidine rings is 1. The van der Waals surface area contributed by atoms with Gasteiger partial charge in [0.2, 0.25) is 5.28 Å². The van der Waals surface area contributed by atoms with E-state index in [9.17, 15) is 14.8 Å². The number of ether oxygens (including phenoxy) is 2. The van der Waals surface area contributed by atoms with Crippen LogP contribution in [0.5, 0.6) is 0 Å². The van der Waals surface area contributed by atoms with Gasteiger partial charge in [-0.15, -0.1) is 5.01 Å². The summed E-state index contributed by atoms with van der Waals surface area (Å²) in [5.41, 5.74) is -0.710. The molecule has 0 spiro atoms. The summed E-state index contributed by atoms with van der Waals surface area (Å²) < 4.78 is 9.69. The van der Waals surface area contributed by atoms with Gasteiger partial charge in [-0.2, -0.15) is 0 Å². The maximum Gasteiger partial charge on any atom is 0.511 e. The Hall–Kier alpha value is -2.26. The van der Waals surface area contributed by atoms with E-state index in [2.05, 4.69) is 5.28 Å². The highest BCUT2D eigenvalue weighted by atomic mass is 16.8. The van der Waals surface area contributed by atoms with Crippen LogP contribution >= 0.6 is 0 Å². The third-order valence-electron chi connectivity index (χ3n) is 2.91. The number of carbonyl (C=O) groups excluding carboxylic acids is 1. The second-order valence-electron chi connectivity index (χ2n) is 6.18. The van der Waals surface area contributed by atoms with E-state index in [4.69, 9.17) is 19.4 Å². The predicted molar refractivity (Wildman–Crippen MR) is 75.9 cm³/mol. The number of nitrogens with zero attached hydrogens (tertiary/aromatic N) is 3.